The number of halogens is 1. The van der Waals surface area contributed by atoms with Crippen LogP contribution in [0, 0.1) is 0 Å². The highest BCUT2D eigenvalue weighted by atomic mass is 35.5. The zero-order chi connectivity index (χ0) is 23.9. The lowest BCUT2D eigenvalue weighted by atomic mass is 10.2. The van der Waals surface area contributed by atoms with E-state index in [4.69, 9.17) is 26.3 Å². The molecule has 4 N–H and O–H groups in total. The summed E-state index contributed by atoms with van der Waals surface area (Å²) in [7, 11) is 0. The van der Waals surface area contributed by atoms with Crippen LogP contribution in [0.3, 0.4) is 0 Å². The van der Waals surface area contributed by atoms with Gasteiger partial charge in [-0.25, -0.2) is 9.78 Å². The van der Waals surface area contributed by atoms with Crippen molar-refractivity contribution < 1.29 is 9.84 Å². The topological polar surface area (TPSA) is 136 Å². The monoisotopic (exact) mass is 494 g/mol. The van der Waals surface area contributed by atoms with Gasteiger partial charge in [0.15, 0.2) is 11.1 Å². The number of nitrogens with one attached hydrogen (secondary N) is 3. The van der Waals surface area contributed by atoms with Gasteiger partial charge in [0.2, 0.25) is 5.88 Å². The molecule has 3 aromatic heterocycles. The summed E-state index contributed by atoms with van der Waals surface area (Å²) >= 11 is 6.61. The second-order valence-electron chi connectivity index (χ2n) is 8.57. The first-order valence-electron chi connectivity index (χ1n) is 11.4. The molecule has 1 aliphatic heterocycles. The molecule has 1 aliphatic carbocycles. The van der Waals surface area contributed by atoms with E-state index in [1.807, 2.05) is 24.3 Å². The van der Waals surface area contributed by atoms with E-state index in [0.29, 0.717) is 40.4 Å². The van der Waals surface area contributed by atoms with Crippen LogP contribution in [0.15, 0.2) is 40.2 Å². The number of benzene rings is 1. The third-order valence-corrected chi connectivity index (χ3v) is 6.25. The van der Waals surface area contributed by atoms with Crippen LogP contribution in [0.5, 0.6) is 5.88 Å². The molecule has 0 spiro atoms. The molecule has 2 fully saturated rings. The van der Waals surface area contributed by atoms with Crippen molar-refractivity contribution in [1.82, 2.24) is 24.6 Å². The number of morpholine rings is 1. The van der Waals surface area contributed by atoms with E-state index in [2.05, 4.69) is 25.3 Å². The highest BCUT2D eigenvalue weighted by Crippen LogP contribution is 2.30. The predicted octanol–water partition coefficient (Wildman–Crippen LogP) is 1.30. The Hall–Kier alpha value is -3.83. The minimum atomic E-state index is -0.498. The molecular weight excluding hydrogens is 472 g/mol. The van der Waals surface area contributed by atoms with Crippen LogP contribution in [-0.2, 0) is 4.74 Å². The summed E-state index contributed by atoms with van der Waals surface area (Å²) in [6, 6.07) is 7.96. The van der Waals surface area contributed by atoms with E-state index in [0.717, 1.165) is 37.3 Å². The average molecular weight is 495 g/mol. The third kappa shape index (κ3) is 4.47. The maximum atomic E-state index is 11.5. The van der Waals surface area contributed by atoms with Gasteiger partial charge in [0.25, 0.3) is 0 Å². The van der Waals surface area contributed by atoms with Crippen molar-refractivity contribution in [3.05, 3.63) is 62.4 Å². The van der Waals surface area contributed by atoms with Crippen molar-refractivity contribution >= 4 is 40.5 Å². The molecule has 0 amide bonds. The maximum Gasteiger partial charge on any atom is 0.326 e. The molecule has 35 heavy (non-hydrogen) atoms. The molecule has 1 saturated carbocycles. The van der Waals surface area contributed by atoms with Crippen molar-refractivity contribution in [2.45, 2.75) is 18.9 Å². The van der Waals surface area contributed by atoms with Crippen LogP contribution >= 0.6 is 11.6 Å². The van der Waals surface area contributed by atoms with Gasteiger partial charge in [0, 0.05) is 30.1 Å². The van der Waals surface area contributed by atoms with Crippen molar-refractivity contribution in [3.63, 3.8) is 0 Å². The molecule has 4 aromatic rings. The van der Waals surface area contributed by atoms with E-state index in [9.17, 15) is 9.90 Å². The minimum absolute atomic E-state index is 0.247. The van der Waals surface area contributed by atoms with E-state index >= 15 is 0 Å². The largest absolute Gasteiger partial charge is 0.493 e. The Kier molecular flexibility index (Phi) is 5.42. The zero-order valence-corrected chi connectivity index (χ0v) is 19.4. The first kappa shape index (κ1) is 21.7. The average Bonchev–Trinajstić information content (AvgIpc) is 3.48. The Morgan fingerprint density at radius 1 is 1.23 bits per heavy atom. The molecule has 0 radical (unpaired) electrons. The van der Waals surface area contributed by atoms with Crippen LogP contribution in [-0.4, -0.2) is 62.0 Å². The second-order valence-corrected chi connectivity index (χ2v) is 8.98. The Morgan fingerprint density at radius 2 is 2.06 bits per heavy atom. The van der Waals surface area contributed by atoms with Gasteiger partial charge < -0.3 is 25.0 Å². The fraction of sp³-hybridized carbons (Fsp3) is 0.304. The quantitative estimate of drug-likeness (QED) is 0.328. The number of anilines is 3. The highest BCUT2D eigenvalue weighted by Gasteiger charge is 2.20. The number of aromatic amines is 2. The number of rotatable bonds is 5. The summed E-state index contributed by atoms with van der Waals surface area (Å²) in [6.07, 6.45) is 5.33. The molecule has 4 heterocycles. The van der Waals surface area contributed by atoms with E-state index in [-0.39, 0.29) is 17.6 Å². The SMILES string of the molecule is O=c1[nH]c(O)c(C=c2cnn3c(=NC4CC4)cc(Nc4ccc(N5CCOCC5)c(Cl)c4)nc23)[nH]1. The first-order valence-corrected chi connectivity index (χ1v) is 11.8. The highest BCUT2D eigenvalue weighted by molar-refractivity contribution is 6.33. The molecule has 1 saturated heterocycles. The number of fused-ring (bicyclic) bond motifs is 1. The standard InChI is InChI=1S/C23H23ClN8O3/c24-16-10-15(3-4-18(16)31-5-7-35-8-6-31)26-19-11-20(27-14-1-2-14)32-21(29-19)13(12-25-32)9-17-22(33)30-23(34)28-17/h3-4,9-12,14,26,33H,1-2,5-8H2,(H2,28,30,34). The number of hydrogen-bond donors (Lipinski definition) is 4. The summed E-state index contributed by atoms with van der Waals surface area (Å²) in [5, 5.41) is 19.0. The van der Waals surface area contributed by atoms with Gasteiger partial charge in [-0.15, -0.1) is 0 Å². The number of H-pyrrole nitrogens is 2. The molecule has 0 unspecified atom stereocenters. The van der Waals surface area contributed by atoms with Gasteiger partial charge in [-0.3, -0.25) is 9.98 Å². The Bertz CT molecular complexity index is 1580. The Balaban J connectivity index is 1.39. The first-order chi connectivity index (χ1) is 17.0. The molecular formula is C23H23ClN8O3. The molecule has 11 nitrogen and oxygen atoms in total. The van der Waals surface area contributed by atoms with Crippen LogP contribution in [0.25, 0.3) is 11.7 Å². The maximum absolute atomic E-state index is 11.5. The van der Waals surface area contributed by atoms with Gasteiger partial charge in [-0.05, 0) is 37.1 Å². The number of imidazole rings is 1. The lowest BCUT2D eigenvalue weighted by molar-refractivity contribution is 0.122. The fourth-order valence-electron chi connectivity index (χ4n) is 4.05. The number of nitrogens with zero attached hydrogens (tertiary/aromatic N) is 5. The molecule has 180 valence electrons. The molecule has 1 aromatic carbocycles. The smallest absolute Gasteiger partial charge is 0.326 e. The zero-order valence-electron chi connectivity index (χ0n) is 18.7. The molecule has 6 rings (SSSR count). The normalized spacial score (nSPS) is 17.5. The summed E-state index contributed by atoms with van der Waals surface area (Å²) in [4.78, 5) is 28.1. The summed E-state index contributed by atoms with van der Waals surface area (Å²) in [6.45, 7) is 2.98. The summed E-state index contributed by atoms with van der Waals surface area (Å²) in [5.74, 6) is 0.329. The van der Waals surface area contributed by atoms with Crippen molar-refractivity contribution in [3.8, 4) is 5.88 Å². The number of ether oxygens (including phenoxy) is 1. The lowest BCUT2D eigenvalue weighted by Gasteiger charge is -2.29. The van der Waals surface area contributed by atoms with Crippen LogP contribution in [0.4, 0.5) is 17.2 Å². The van der Waals surface area contributed by atoms with Crippen LogP contribution in [0.2, 0.25) is 5.02 Å². The molecule has 12 heteroatoms. The van der Waals surface area contributed by atoms with Crippen molar-refractivity contribution in [2.24, 2.45) is 4.99 Å². The van der Waals surface area contributed by atoms with Gasteiger partial charge in [0.05, 0.1) is 36.2 Å². The predicted molar refractivity (Wildman–Crippen MR) is 131 cm³/mol. The fourth-order valence-corrected chi connectivity index (χ4v) is 4.35. The van der Waals surface area contributed by atoms with Crippen molar-refractivity contribution in [1.29, 1.82) is 0 Å². The lowest BCUT2D eigenvalue weighted by Crippen LogP contribution is -2.36. The van der Waals surface area contributed by atoms with Gasteiger partial charge >= 0.3 is 5.69 Å². The Morgan fingerprint density at radius 3 is 2.77 bits per heavy atom. The van der Waals surface area contributed by atoms with E-state index < -0.39 is 5.69 Å². The van der Waals surface area contributed by atoms with E-state index in [1.54, 1.807) is 16.8 Å². The minimum Gasteiger partial charge on any atom is -0.493 e. The number of aromatic nitrogens is 5. The van der Waals surface area contributed by atoms with Gasteiger partial charge in [-0.1, -0.05) is 11.6 Å². The van der Waals surface area contributed by atoms with Gasteiger partial charge in [0.1, 0.15) is 11.5 Å². The second kappa shape index (κ2) is 8.75. The number of aromatic hydroxyl groups is 1. The number of hydrogen-bond acceptors (Lipinski definition) is 8. The van der Waals surface area contributed by atoms with E-state index in [1.165, 1.54) is 0 Å². The Labute approximate surface area is 203 Å². The van der Waals surface area contributed by atoms with Crippen molar-refractivity contribution in [2.75, 3.05) is 36.5 Å². The third-order valence-electron chi connectivity index (χ3n) is 5.95. The summed E-state index contributed by atoms with van der Waals surface area (Å²) in [5.41, 5.74) is 2.72. The molecule has 2 aliphatic rings. The molecule has 0 bridgehead atoms. The van der Waals surface area contributed by atoms with Crippen LogP contribution in [0.1, 0.15) is 18.5 Å². The summed E-state index contributed by atoms with van der Waals surface area (Å²) < 4.78 is 7.09. The van der Waals surface area contributed by atoms with Gasteiger partial charge in [-0.2, -0.15) is 9.61 Å². The van der Waals surface area contributed by atoms with Crippen LogP contribution < -0.4 is 26.6 Å². The molecule has 0 atom stereocenters.